The van der Waals surface area contributed by atoms with Gasteiger partial charge in [0.2, 0.25) is 5.91 Å². The minimum Gasteiger partial charge on any atom is -0.444 e. The molecule has 7 nitrogen and oxygen atoms in total. The van der Waals surface area contributed by atoms with Crippen molar-refractivity contribution in [1.82, 2.24) is 15.5 Å². The standard InChI is InChI=1S/C9H18N2O2.C8H14N2O/c1-9(2,3)13-8(12)11-5-7(4-10)6-11;11-8(7-1-2-7)10-5-6-3-9-4-6/h7H,4-6,10H2,1-3H3;6-7,9H,1-5H2,(H,10,11). The molecule has 2 saturated heterocycles. The van der Waals surface area contributed by atoms with Gasteiger partial charge in [0.15, 0.2) is 0 Å². The summed E-state index contributed by atoms with van der Waals surface area (Å²) in [5.41, 5.74) is 5.05. The molecule has 0 bridgehead atoms. The summed E-state index contributed by atoms with van der Waals surface area (Å²) in [7, 11) is 0. The van der Waals surface area contributed by atoms with Crippen LogP contribution in [0.25, 0.3) is 0 Å². The van der Waals surface area contributed by atoms with E-state index in [0.29, 0.717) is 24.3 Å². The monoisotopic (exact) mass is 340 g/mol. The van der Waals surface area contributed by atoms with Crippen LogP contribution in [0.15, 0.2) is 0 Å². The van der Waals surface area contributed by atoms with Crippen LogP contribution in [-0.4, -0.2) is 61.8 Å². The fourth-order valence-corrected chi connectivity index (χ4v) is 2.42. The maximum Gasteiger partial charge on any atom is 0.410 e. The minimum absolute atomic E-state index is 0.225. The van der Waals surface area contributed by atoms with E-state index in [1.54, 1.807) is 4.90 Å². The van der Waals surface area contributed by atoms with Gasteiger partial charge in [-0.15, -0.1) is 0 Å². The lowest BCUT2D eigenvalue weighted by atomic mass is 10.0. The van der Waals surface area contributed by atoms with Gasteiger partial charge in [-0.05, 0) is 40.2 Å². The Bertz CT molecular complexity index is 436. The summed E-state index contributed by atoms with van der Waals surface area (Å²) in [6, 6.07) is 0. The highest BCUT2D eigenvalue weighted by molar-refractivity contribution is 5.80. The Morgan fingerprint density at radius 1 is 1.21 bits per heavy atom. The van der Waals surface area contributed by atoms with Gasteiger partial charge in [0.25, 0.3) is 0 Å². The van der Waals surface area contributed by atoms with E-state index in [4.69, 9.17) is 10.5 Å². The molecular weight excluding hydrogens is 308 g/mol. The van der Waals surface area contributed by atoms with Crippen molar-refractivity contribution in [3.05, 3.63) is 0 Å². The molecule has 0 spiro atoms. The maximum absolute atomic E-state index is 11.4. The predicted octanol–water partition coefficient (Wildman–Crippen LogP) is 0.544. The van der Waals surface area contributed by atoms with Crippen LogP contribution in [0.1, 0.15) is 33.6 Å². The number of carbonyl (C=O) groups excluding carboxylic acids is 2. The second-order valence-corrected chi connectivity index (χ2v) is 8.03. The maximum atomic E-state index is 11.4. The third kappa shape index (κ3) is 6.28. The van der Waals surface area contributed by atoms with Gasteiger partial charge in [0, 0.05) is 50.5 Å². The van der Waals surface area contributed by atoms with Crippen molar-refractivity contribution in [2.75, 3.05) is 39.3 Å². The molecule has 3 fully saturated rings. The van der Waals surface area contributed by atoms with Gasteiger partial charge in [-0.3, -0.25) is 4.79 Å². The van der Waals surface area contributed by atoms with Crippen LogP contribution >= 0.6 is 0 Å². The van der Waals surface area contributed by atoms with E-state index in [9.17, 15) is 9.59 Å². The lowest BCUT2D eigenvalue weighted by Crippen LogP contribution is -2.53. The van der Waals surface area contributed by atoms with Crippen molar-refractivity contribution in [3.8, 4) is 0 Å². The molecule has 0 aromatic carbocycles. The average molecular weight is 340 g/mol. The van der Waals surface area contributed by atoms with Gasteiger partial charge in [0.1, 0.15) is 5.60 Å². The first-order valence-corrected chi connectivity index (χ1v) is 8.95. The van der Waals surface area contributed by atoms with Gasteiger partial charge in [-0.1, -0.05) is 0 Å². The van der Waals surface area contributed by atoms with E-state index in [1.807, 2.05) is 20.8 Å². The van der Waals surface area contributed by atoms with E-state index in [0.717, 1.165) is 45.6 Å². The highest BCUT2D eigenvalue weighted by Gasteiger charge is 2.32. The molecule has 138 valence electrons. The molecule has 2 aliphatic heterocycles. The lowest BCUT2D eigenvalue weighted by Gasteiger charge is -2.39. The zero-order chi connectivity index (χ0) is 17.7. The summed E-state index contributed by atoms with van der Waals surface area (Å²) in [5, 5.41) is 6.15. The number of amides is 2. The van der Waals surface area contributed by atoms with Crippen molar-refractivity contribution >= 4 is 12.0 Å². The molecule has 3 rings (SSSR count). The van der Waals surface area contributed by atoms with Crippen molar-refractivity contribution in [1.29, 1.82) is 0 Å². The normalized spacial score (nSPS) is 21.1. The van der Waals surface area contributed by atoms with E-state index in [1.165, 1.54) is 0 Å². The van der Waals surface area contributed by atoms with Crippen LogP contribution in [0.5, 0.6) is 0 Å². The Hall–Kier alpha value is -1.34. The van der Waals surface area contributed by atoms with Crippen LogP contribution < -0.4 is 16.4 Å². The molecule has 3 aliphatic rings. The quantitative estimate of drug-likeness (QED) is 0.694. The molecule has 1 saturated carbocycles. The van der Waals surface area contributed by atoms with Crippen molar-refractivity contribution in [2.24, 2.45) is 23.5 Å². The van der Waals surface area contributed by atoms with Gasteiger partial charge >= 0.3 is 6.09 Å². The van der Waals surface area contributed by atoms with Gasteiger partial charge in [-0.25, -0.2) is 4.79 Å². The molecule has 0 radical (unpaired) electrons. The van der Waals surface area contributed by atoms with Crippen LogP contribution in [0, 0.1) is 17.8 Å². The number of nitrogens with one attached hydrogen (secondary N) is 2. The first-order chi connectivity index (χ1) is 11.3. The number of hydrogen-bond donors (Lipinski definition) is 3. The van der Waals surface area contributed by atoms with Gasteiger partial charge in [0.05, 0.1) is 0 Å². The third-order valence-electron chi connectivity index (χ3n) is 4.32. The number of carbonyl (C=O) groups is 2. The third-order valence-corrected chi connectivity index (χ3v) is 4.32. The minimum atomic E-state index is -0.398. The second kappa shape index (κ2) is 8.16. The SMILES string of the molecule is CC(C)(C)OC(=O)N1CC(CN)C1.O=C(NCC1CNC1)C1CC1. The second-order valence-electron chi connectivity index (χ2n) is 8.03. The highest BCUT2D eigenvalue weighted by atomic mass is 16.6. The zero-order valence-corrected chi connectivity index (χ0v) is 15.1. The summed E-state index contributed by atoms with van der Waals surface area (Å²) in [4.78, 5) is 24.2. The highest BCUT2D eigenvalue weighted by Crippen LogP contribution is 2.28. The Morgan fingerprint density at radius 3 is 2.25 bits per heavy atom. The molecule has 24 heavy (non-hydrogen) atoms. The summed E-state index contributed by atoms with van der Waals surface area (Å²) >= 11 is 0. The largest absolute Gasteiger partial charge is 0.444 e. The Labute approximate surface area is 144 Å². The molecule has 1 aliphatic carbocycles. The Balaban J connectivity index is 0.000000175. The first kappa shape index (κ1) is 19.0. The molecule has 0 aromatic heterocycles. The van der Waals surface area contributed by atoms with Crippen molar-refractivity contribution in [3.63, 3.8) is 0 Å². The molecule has 2 amide bonds. The van der Waals surface area contributed by atoms with E-state index >= 15 is 0 Å². The van der Waals surface area contributed by atoms with Crippen molar-refractivity contribution < 1.29 is 14.3 Å². The molecular formula is C17H32N4O3. The zero-order valence-electron chi connectivity index (χ0n) is 15.1. The molecule has 0 atom stereocenters. The summed E-state index contributed by atoms with van der Waals surface area (Å²) in [6.07, 6.45) is 1.99. The Morgan fingerprint density at radius 2 is 1.83 bits per heavy atom. The Kier molecular flexibility index (Phi) is 6.46. The van der Waals surface area contributed by atoms with E-state index in [-0.39, 0.29) is 12.0 Å². The summed E-state index contributed by atoms with van der Waals surface area (Å²) in [5.74, 6) is 1.80. The van der Waals surface area contributed by atoms with E-state index < -0.39 is 5.60 Å². The number of rotatable bonds is 4. The number of ether oxygens (including phenoxy) is 1. The van der Waals surface area contributed by atoms with Crippen LogP contribution in [0.2, 0.25) is 0 Å². The topological polar surface area (TPSA) is 96.7 Å². The fraction of sp³-hybridized carbons (Fsp3) is 0.882. The van der Waals surface area contributed by atoms with Gasteiger partial charge in [-0.2, -0.15) is 0 Å². The first-order valence-electron chi connectivity index (χ1n) is 8.95. The summed E-state index contributed by atoms with van der Waals surface area (Å²) in [6.45, 7) is 10.8. The van der Waals surface area contributed by atoms with Crippen LogP contribution in [0.3, 0.4) is 0 Å². The molecule has 2 heterocycles. The molecule has 0 unspecified atom stereocenters. The number of hydrogen-bond acceptors (Lipinski definition) is 5. The van der Waals surface area contributed by atoms with Crippen LogP contribution in [-0.2, 0) is 9.53 Å². The average Bonchev–Trinajstić information content (AvgIpc) is 3.18. The fourth-order valence-electron chi connectivity index (χ4n) is 2.42. The van der Waals surface area contributed by atoms with Gasteiger partial charge < -0.3 is 26.0 Å². The molecule has 7 heteroatoms. The van der Waals surface area contributed by atoms with Crippen LogP contribution in [0.4, 0.5) is 4.79 Å². The molecule has 4 N–H and O–H groups in total. The number of nitrogens with two attached hydrogens (primary N) is 1. The number of likely N-dealkylation sites (tertiary alicyclic amines) is 1. The van der Waals surface area contributed by atoms with E-state index in [2.05, 4.69) is 10.6 Å². The summed E-state index contributed by atoms with van der Waals surface area (Å²) < 4.78 is 5.18. The smallest absolute Gasteiger partial charge is 0.410 e. The predicted molar refractivity (Wildman–Crippen MR) is 92.4 cm³/mol. The lowest BCUT2D eigenvalue weighted by molar-refractivity contribution is -0.122. The van der Waals surface area contributed by atoms with Crippen molar-refractivity contribution in [2.45, 2.75) is 39.2 Å². The molecule has 0 aromatic rings. The number of nitrogens with zero attached hydrogens (tertiary/aromatic N) is 1.